The molecule has 3 aromatic rings. The number of benzene rings is 3. The number of hydrogen-bond acceptors (Lipinski definition) is 3. The molecule has 0 spiro atoms. The molecule has 0 aromatic heterocycles. The molecule has 0 atom stereocenters. The molecule has 0 heterocycles. The SMILES string of the molecule is O=C(Nc1ccc(SNc2cccc(C(F)(F)F)c2)cc1)c1ccccc1. The van der Waals surface area contributed by atoms with Gasteiger partial charge in [0.05, 0.1) is 5.56 Å². The predicted octanol–water partition coefficient (Wildman–Crippen LogP) is 6.08. The Morgan fingerprint density at radius 1 is 0.815 bits per heavy atom. The summed E-state index contributed by atoms with van der Waals surface area (Å²) in [6.45, 7) is 0. The third-order valence-electron chi connectivity index (χ3n) is 3.62. The van der Waals surface area contributed by atoms with Gasteiger partial charge in [0.15, 0.2) is 0 Å². The van der Waals surface area contributed by atoms with Gasteiger partial charge in [0.1, 0.15) is 0 Å². The lowest BCUT2D eigenvalue weighted by molar-refractivity contribution is -0.137. The molecule has 0 aliphatic heterocycles. The van der Waals surface area contributed by atoms with E-state index in [1.807, 2.05) is 6.07 Å². The second kappa shape index (κ2) is 8.18. The predicted molar refractivity (Wildman–Crippen MR) is 102 cm³/mol. The highest BCUT2D eigenvalue weighted by Gasteiger charge is 2.30. The molecule has 7 heteroatoms. The first-order chi connectivity index (χ1) is 12.9. The van der Waals surface area contributed by atoms with Crippen LogP contribution >= 0.6 is 11.9 Å². The van der Waals surface area contributed by atoms with Crippen LogP contribution in [-0.4, -0.2) is 5.91 Å². The molecule has 0 aliphatic rings. The van der Waals surface area contributed by atoms with Gasteiger partial charge < -0.3 is 10.0 Å². The average molecular weight is 388 g/mol. The van der Waals surface area contributed by atoms with E-state index in [2.05, 4.69) is 10.0 Å². The number of carbonyl (C=O) groups is 1. The lowest BCUT2D eigenvalue weighted by Crippen LogP contribution is -2.11. The van der Waals surface area contributed by atoms with E-state index in [1.54, 1.807) is 54.6 Å². The van der Waals surface area contributed by atoms with Crippen LogP contribution in [0.15, 0.2) is 83.8 Å². The van der Waals surface area contributed by atoms with Gasteiger partial charge in [-0.25, -0.2) is 0 Å². The van der Waals surface area contributed by atoms with Crippen LogP contribution in [0.5, 0.6) is 0 Å². The number of carbonyl (C=O) groups excluding carboxylic acids is 1. The van der Waals surface area contributed by atoms with E-state index < -0.39 is 11.7 Å². The van der Waals surface area contributed by atoms with Gasteiger partial charge in [0.2, 0.25) is 0 Å². The highest BCUT2D eigenvalue weighted by Crippen LogP contribution is 2.32. The second-order valence-corrected chi connectivity index (χ2v) is 6.51. The summed E-state index contributed by atoms with van der Waals surface area (Å²) in [6, 6.07) is 20.9. The molecular weight excluding hydrogens is 373 g/mol. The molecule has 0 bridgehead atoms. The molecule has 2 N–H and O–H groups in total. The van der Waals surface area contributed by atoms with Crippen molar-refractivity contribution in [1.82, 2.24) is 0 Å². The fourth-order valence-corrected chi connectivity index (χ4v) is 2.91. The number of amides is 1. The van der Waals surface area contributed by atoms with E-state index in [-0.39, 0.29) is 5.91 Å². The first kappa shape index (κ1) is 18.8. The lowest BCUT2D eigenvalue weighted by Gasteiger charge is -2.10. The van der Waals surface area contributed by atoms with Crippen LogP contribution in [0, 0.1) is 0 Å². The Balaban J connectivity index is 1.59. The quantitative estimate of drug-likeness (QED) is 0.521. The van der Waals surface area contributed by atoms with Crippen molar-refractivity contribution in [3.05, 3.63) is 90.0 Å². The largest absolute Gasteiger partial charge is 0.416 e. The fourth-order valence-electron chi connectivity index (χ4n) is 2.28. The number of anilines is 2. The van der Waals surface area contributed by atoms with E-state index in [1.165, 1.54) is 18.0 Å². The van der Waals surface area contributed by atoms with Crippen molar-refractivity contribution in [2.24, 2.45) is 0 Å². The molecule has 0 aliphatic carbocycles. The molecule has 0 saturated heterocycles. The van der Waals surface area contributed by atoms with Crippen LogP contribution in [0.1, 0.15) is 15.9 Å². The van der Waals surface area contributed by atoms with Crippen LogP contribution in [0.3, 0.4) is 0 Å². The number of nitrogens with one attached hydrogen (secondary N) is 2. The standard InChI is InChI=1S/C20H15F3N2OS/c21-20(22,23)15-7-4-8-17(13-15)25-27-18-11-9-16(10-12-18)24-19(26)14-5-2-1-3-6-14/h1-13,25H,(H,24,26). The van der Waals surface area contributed by atoms with Crippen molar-refractivity contribution >= 4 is 29.2 Å². The third kappa shape index (κ3) is 5.27. The first-order valence-corrected chi connectivity index (χ1v) is 8.80. The van der Waals surface area contributed by atoms with Crippen molar-refractivity contribution in [1.29, 1.82) is 0 Å². The minimum Gasteiger partial charge on any atom is -0.326 e. The summed E-state index contributed by atoms with van der Waals surface area (Å²) >= 11 is 1.19. The van der Waals surface area contributed by atoms with Gasteiger partial charge in [-0.1, -0.05) is 24.3 Å². The molecule has 3 rings (SSSR count). The van der Waals surface area contributed by atoms with Crippen LogP contribution < -0.4 is 10.0 Å². The number of rotatable bonds is 5. The first-order valence-electron chi connectivity index (χ1n) is 7.98. The Morgan fingerprint density at radius 3 is 2.19 bits per heavy atom. The molecule has 1 amide bonds. The minimum atomic E-state index is -4.37. The summed E-state index contributed by atoms with van der Waals surface area (Å²) in [5, 5.41) is 2.79. The number of alkyl halides is 3. The lowest BCUT2D eigenvalue weighted by atomic mass is 10.2. The van der Waals surface area contributed by atoms with Gasteiger partial charge in [-0.15, -0.1) is 0 Å². The Kier molecular flexibility index (Phi) is 5.71. The van der Waals surface area contributed by atoms with Gasteiger partial charge in [0, 0.05) is 21.8 Å². The van der Waals surface area contributed by atoms with Crippen molar-refractivity contribution in [3.8, 4) is 0 Å². The van der Waals surface area contributed by atoms with Crippen LogP contribution in [0.2, 0.25) is 0 Å². The molecule has 0 radical (unpaired) electrons. The highest BCUT2D eigenvalue weighted by atomic mass is 32.2. The molecule has 27 heavy (non-hydrogen) atoms. The van der Waals surface area contributed by atoms with Crippen molar-refractivity contribution in [3.63, 3.8) is 0 Å². The Morgan fingerprint density at radius 2 is 1.52 bits per heavy atom. The zero-order valence-corrected chi connectivity index (χ0v) is 14.8. The third-order valence-corrected chi connectivity index (χ3v) is 4.47. The highest BCUT2D eigenvalue weighted by molar-refractivity contribution is 8.00. The monoisotopic (exact) mass is 388 g/mol. The Labute approximate surface area is 158 Å². The van der Waals surface area contributed by atoms with Gasteiger partial charge >= 0.3 is 6.18 Å². The van der Waals surface area contributed by atoms with E-state index in [0.29, 0.717) is 16.9 Å². The van der Waals surface area contributed by atoms with Gasteiger partial charge in [-0.05, 0) is 66.5 Å². The van der Waals surface area contributed by atoms with Crippen molar-refractivity contribution in [2.45, 2.75) is 11.1 Å². The maximum absolute atomic E-state index is 12.7. The maximum atomic E-state index is 12.7. The zero-order valence-electron chi connectivity index (χ0n) is 14.0. The Bertz CT molecular complexity index is 913. The van der Waals surface area contributed by atoms with E-state index in [0.717, 1.165) is 17.0 Å². The van der Waals surface area contributed by atoms with E-state index in [4.69, 9.17) is 0 Å². The summed E-state index contributed by atoms with van der Waals surface area (Å²) in [5.74, 6) is -0.210. The second-order valence-electron chi connectivity index (χ2n) is 5.63. The summed E-state index contributed by atoms with van der Waals surface area (Å²) < 4.78 is 41.1. The van der Waals surface area contributed by atoms with Crippen LogP contribution in [0.4, 0.5) is 24.5 Å². The number of halogens is 3. The normalized spacial score (nSPS) is 11.1. The van der Waals surface area contributed by atoms with Crippen molar-refractivity contribution in [2.75, 3.05) is 10.0 Å². The number of hydrogen-bond donors (Lipinski definition) is 2. The van der Waals surface area contributed by atoms with Crippen LogP contribution in [-0.2, 0) is 6.18 Å². The molecule has 138 valence electrons. The van der Waals surface area contributed by atoms with Gasteiger partial charge in [0.25, 0.3) is 5.91 Å². The molecule has 0 unspecified atom stereocenters. The average Bonchev–Trinajstić information content (AvgIpc) is 2.68. The Hall–Kier alpha value is -2.93. The molecular formula is C20H15F3N2OS. The summed E-state index contributed by atoms with van der Waals surface area (Å²) in [7, 11) is 0. The minimum absolute atomic E-state index is 0.210. The van der Waals surface area contributed by atoms with Crippen molar-refractivity contribution < 1.29 is 18.0 Å². The van der Waals surface area contributed by atoms with Gasteiger partial charge in [-0.3, -0.25) is 4.79 Å². The van der Waals surface area contributed by atoms with E-state index >= 15 is 0 Å². The summed E-state index contributed by atoms with van der Waals surface area (Å²) in [6.07, 6.45) is -4.37. The molecule has 0 saturated carbocycles. The van der Waals surface area contributed by atoms with Crippen LogP contribution in [0.25, 0.3) is 0 Å². The molecule has 3 aromatic carbocycles. The smallest absolute Gasteiger partial charge is 0.326 e. The molecule has 3 nitrogen and oxygen atoms in total. The van der Waals surface area contributed by atoms with Gasteiger partial charge in [-0.2, -0.15) is 13.2 Å². The van der Waals surface area contributed by atoms with E-state index in [9.17, 15) is 18.0 Å². The zero-order chi connectivity index (χ0) is 19.3. The summed E-state index contributed by atoms with van der Waals surface area (Å²) in [4.78, 5) is 12.9. The topological polar surface area (TPSA) is 41.1 Å². The fraction of sp³-hybridized carbons (Fsp3) is 0.0500. The molecule has 0 fully saturated rings. The summed E-state index contributed by atoms with van der Waals surface area (Å²) in [5.41, 5.74) is 0.845. The maximum Gasteiger partial charge on any atom is 0.416 e.